The highest BCUT2D eigenvalue weighted by atomic mass is 28.5. The summed E-state index contributed by atoms with van der Waals surface area (Å²) in [5.41, 5.74) is 0. The third-order valence-electron chi connectivity index (χ3n) is 10.2. The Bertz CT molecular complexity index is 1860. The SMILES string of the molecule is C.C.C.C.CC.CO[Si](CC[SiH2]OCCC[Si](C)(O[Si](C)(C)O[Si](C)(C)c1ccccc1)O[Si](C)(c1ccccc1)c1ccccc1)(OC)OC.O=[Si](c1ccccc1)c1ccccc1. The summed E-state index contributed by atoms with van der Waals surface area (Å²) >= 11 is 0. The summed E-state index contributed by atoms with van der Waals surface area (Å²) < 4.78 is 56.8. The minimum absolute atomic E-state index is 0. The van der Waals surface area contributed by atoms with E-state index in [1.807, 2.05) is 74.5 Å². The highest BCUT2D eigenvalue weighted by Crippen LogP contribution is 2.28. The molecule has 15 heteroatoms. The maximum atomic E-state index is 12.0. The Kier molecular flexibility index (Phi) is 31.6. The Balaban J connectivity index is 0. The molecule has 0 N–H and O–H groups in total. The third-order valence-corrected chi connectivity index (χ3v) is 33.6. The summed E-state index contributed by atoms with van der Waals surface area (Å²) in [6.45, 7) is 18.1. The van der Waals surface area contributed by atoms with Gasteiger partial charge in [0.15, 0.2) is 9.76 Å². The van der Waals surface area contributed by atoms with Crippen LogP contribution in [0.25, 0.3) is 0 Å². The van der Waals surface area contributed by atoms with E-state index in [0.29, 0.717) is 6.61 Å². The predicted octanol–water partition coefficient (Wildman–Crippen LogP) is 9.89. The lowest BCUT2D eigenvalue weighted by Gasteiger charge is -2.43. The molecule has 0 radical (unpaired) electrons. The Morgan fingerprint density at radius 3 is 1.25 bits per heavy atom. The molecule has 0 aliphatic rings. The van der Waals surface area contributed by atoms with Gasteiger partial charge in [-0.25, -0.2) is 0 Å². The maximum absolute atomic E-state index is 12.0. The smallest absolute Gasteiger partial charge is 0.433 e. The summed E-state index contributed by atoms with van der Waals surface area (Å²) in [4.78, 5) is 0. The van der Waals surface area contributed by atoms with Gasteiger partial charge in [0, 0.05) is 44.4 Å². The van der Waals surface area contributed by atoms with Crippen molar-refractivity contribution in [2.45, 2.75) is 107 Å². The summed E-state index contributed by atoms with van der Waals surface area (Å²) in [6, 6.07) is 53.7. The van der Waals surface area contributed by atoms with Crippen molar-refractivity contribution in [3.05, 3.63) is 152 Å². The van der Waals surface area contributed by atoms with E-state index in [1.165, 1.54) is 15.6 Å². The van der Waals surface area contributed by atoms with Gasteiger partial charge >= 0.3 is 34.6 Å². The Hall–Kier alpha value is -2.86. The van der Waals surface area contributed by atoms with Gasteiger partial charge in [-0.05, 0) is 73.4 Å². The lowest BCUT2D eigenvalue weighted by Crippen LogP contribution is -2.66. The van der Waals surface area contributed by atoms with Gasteiger partial charge in [0.25, 0.3) is 0 Å². The fourth-order valence-electron chi connectivity index (χ4n) is 7.30. The van der Waals surface area contributed by atoms with Gasteiger partial charge < -0.3 is 34.5 Å². The minimum atomic E-state index is -2.80. The van der Waals surface area contributed by atoms with Gasteiger partial charge in [0.05, 0.1) is 0 Å². The van der Waals surface area contributed by atoms with E-state index in [2.05, 4.69) is 130 Å². The first-order valence-corrected chi connectivity index (χ1v) is 36.9. The van der Waals surface area contributed by atoms with E-state index < -0.39 is 61.0 Å². The molecule has 0 heterocycles. The van der Waals surface area contributed by atoms with Gasteiger partial charge in [0.2, 0.25) is 16.6 Å². The van der Waals surface area contributed by atoms with Crippen LogP contribution >= 0.6 is 0 Å². The largest absolute Gasteiger partial charge is 0.499 e. The third kappa shape index (κ3) is 20.5. The Morgan fingerprint density at radius 2 is 0.862 bits per heavy atom. The highest BCUT2D eigenvalue weighted by Gasteiger charge is 2.49. The van der Waals surface area contributed by atoms with E-state index >= 15 is 0 Å². The average Bonchev–Trinajstić information content (AvgIpc) is 3.29. The minimum Gasteiger partial charge on any atom is -0.433 e. The van der Waals surface area contributed by atoms with E-state index in [9.17, 15) is 4.46 Å². The van der Waals surface area contributed by atoms with E-state index in [-0.39, 0.29) is 29.7 Å². The second-order valence-corrected chi connectivity index (χ2v) is 36.9. The molecule has 0 saturated heterocycles. The average molecular weight is 1010 g/mol. The fourth-order valence-corrected chi connectivity index (χ4v) is 32.3. The number of rotatable bonds is 22. The van der Waals surface area contributed by atoms with E-state index in [0.717, 1.165) is 34.9 Å². The van der Waals surface area contributed by atoms with Gasteiger partial charge in [-0.3, -0.25) is 0 Å². The molecular formula is C50H86O8Si7. The number of benzene rings is 5. The standard InChI is InChI=1S/C32H54O7Si6.C12H10OSi.C2H6.4CH4/c1-33-45(34-2,35-3)29-27-40-36-26-19-28-43(8,38-42(6,7)37-41(4,5)30-20-13-10-14-21-30)39-44(9,31-22-15-11-16-23-31)32-24-17-12-18-25-32;13-14(11-7-3-1-4-8-11)12-9-5-2-6-10-12;1-2;;;;/h10-18,20-25H,19,26-29,40H2,1-9H3;1-10H;1-2H3;4*1H4. The van der Waals surface area contributed by atoms with Gasteiger partial charge in [0.1, 0.15) is 0 Å². The van der Waals surface area contributed by atoms with E-state index in [1.54, 1.807) is 21.3 Å². The van der Waals surface area contributed by atoms with Crippen molar-refractivity contribution in [2.75, 3.05) is 27.9 Å². The molecule has 5 rings (SSSR count). The molecule has 0 spiro atoms. The van der Waals surface area contributed by atoms with Crippen LogP contribution in [0.2, 0.25) is 57.4 Å². The zero-order valence-corrected chi connectivity index (χ0v) is 45.9. The van der Waals surface area contributed by atoms with Crippen LogP contribution in [0.3, 0.4) is 0 Å². The molecule has 1 atom stereocenters. The van der Waals surface area contributed by atoms with Gasteiger partial charge in [-0.1, -0.05) is 195 Å². The van der Waals surface area contributed by atoms with Crippen molar-refractivity contribution >= 4 is 86.9 Å². The topological polar surface area (TPSA) is 81.7 Å². The first-order valence-electron chi connectivity index (χ1n) is 21.4. The predicted molar refractivity (Wildman–Crippen MR) is 297 cm³/mol. The van der Waals surface area contributed by atoms with Gasteiger partial charge in [-0.15, -0.1) is 0 Å². The Labute approximate surface area is 406 Å². The van der Waals surface area contributed by atoms with Crippen LogP contribution in [-0.2, 0) is 34.5 Å². The quantitative estimate of drug-likeness (QED) is 0.0501. The first kappa shape index (κ1) is 64.2. The molecule has 1 unspecified atom stereocenters. The summed E-state index contributed by atoms with van der Waals surface area (Å²) in [6.07, 6.45) is 0.870. The highest BCUT2D eigenvalue weighted by molar-refractivity contribution is 7.02. The monoisotopic (exact) mass is 1010 g/mol. The van der Waals surface area contributed by atoms with Crippen molar-refractivity contribution in [3.8, 4) is 0 Å². The molecular weight excluding hydrogens is 925 g/mol. The van der Waals surface area contributed by atoms with Crippen molar-refractivity contribution in [2.24, 2.45) is 0 Å². The van der Waals surface area contributed by atoms with Gasteiger partial charge in [-0.2, -0.15) is 0 Å². The van der Waals surface area contributed by atoms with Crippen LogP contribution in [0.5, 0.6) is 0 Å². The van der Waals surface area contributed by atoms with Crippen LogP contribution in [0.15, 0.2) is 152 Å². The molecule has 5 aromatic rings. The molecule has 65 heavy (non-hydrogen) atoms. The zero-order valence-electron chi connectivity index (χ0n) is 38.4. The molecule has 0 aliphatic carbocycles. The van der Waals surface area contributed by atoms with Crippen molar-refractivity contribution in [1.82, 2.24) is 0 Å². The van der Waals surface area contributed by atoms with Crippen LogP contribution in [-0.4, -0.2) is 88.9 Å². The molecule has 0 aliphatic heterocycles. The van der Waals surface area contributed by atoms with Crippen LogP contribution < -0.4 is 25.9 Å². The Morgan fingerprint density at radius 1 is 0.492 bits per heavy atom. The molecule has 8 nitrogen and oxygen atoms in total. The maximum Gasteiger partial charge on any atom is 0.499 e. The van der Waals surface area contributed by atoms with Crippen LogP contribution in [0.4, 0.5) is 0 Å². The molecule has 0 bridgehead atoms. The molecule has 362 valence electrons. The normalized spacial score (nSPS) is 12.3. The van der Waals surface area contributed by atoms with E-state index in [4.69, 9.17) is 30.0 Å². The molecule has 0 fully saturated rings. The molecule has 5 aromatic carbocycles. The van der Waals surface area contributed by atoms with Crippen molar-refractivity contribution < 1.29 is 34.5 Å². The first-order chi connectivity index (χ1) is 29.2. The molecule has 0 saturated carbocycles. The fraction of sp³-hybridized carbons (Fsp3) is 0.400. The van der Waals surface area contributed by atoms with Crippen LogP contribution in [0.1, 0.15) is 50.0 Å². The van der Waals surface area contributed by atoms with Crippen molar-refractivity contribution in [1.29, 1.82) is 0 Å². The van der Waals surface area contributed by atoms with Crippen molar-refractivity contribution in [3.63, 3.8) is 0 Å². The summed E-state index contributed by atoms with van der Waals surface area (Å²) in [7, 11) is -10.4. The molecule has 0 aromatic heterocycles. The zero-order chi connectivity index (χ0) is 44.8. The number of hydrogen-bond donors (Lipinski definition) is 0. The number of hydrogen-bond acceptors (Lipinski definition) is 8. The second-order valence-electron chi connectivity index (χ2n) is 15.7. The summed E-state index contributed by atoms with van der Waals surface area (Å²) in [5.74, 6) is 0. The lowest BCUT2D eigenvalue weighted by molar-refractivity contribution is 0.125. The lowest BCUT2D eigenvalue weighted by atomic mass is 10.4. The molecule has 0 amide bonds. The second kappa shape index (κ2) is 32.0. The summed E-state index contributed by atoms with van der Waals surface area (Å²) in [5, 5.41) is 5.59. The van der Waals surface area contributed by atoms with Crippen LogP contribution in [0, 0.1) is 0 Å².